The minimum absolute atomic E-state index is 1.27. The van der Waals surface area contributed by atoms with Crippen molar-refractivity contribution < 1.29 is 0 Å². The van der Waals surface area contributed by atoms with Gasteiger partial charge in [-0.25, -0.2) is 0 Å². The molecule has 0 heterocycles. The quantitative estimate of drug-likeness (QED) is 0.439. The van der Waals surface area contributed by atoms with E-state index >= 15 is 0 Å². The molecule has 0 unspecified atom stereocenters. The highest BCUT2D eigenvalue weighted by Gasteiger charge is 2.12. The Balaban J connectivity index is 2.48. The Bertz CT molecular complexity index is 289. The van der Waals surface area contributed by atoms with E-state index in [0.717, 1.165) is 0 Å². The molecular weight excluding hydrogens is 152 g/mol. The van der Waals surface area contributed by atoms with Crippen LogP contribution in [0.5, 0.6) is 0 Å². The molecule has 1 heteroatoms. The van der Waals surface area contributed by atoms with E-state index in [1.54, 1.807) is 22.5 Å². The maximum absolute atomic E-state index is 3.80. The molecule has 0 aromatic heterocycles. The van der Waals surface area contributed by atoms with Crippen LogP contribution in [0.2, 0.25) is 0 Å². The van der Waals surface area contributed by atoms with E-state index in [-0.39, 0.29) is 0 Å². The van der Waals surface area contributed by atoms with Crippen molar-refractivity contribution in [2.45, 2.75) is 24.2 Å². The van der Waals surface area contributed by atoms with Crippen LogP contribution in [0.25, 0.3) is 0 Å². The number of hydrogen-bond acceptors (Lipinski definition) is 0. The van der Waals surface area contributed by atoms with Crippen molar-refractivity contribution in [3.05, 3.63) is 29.3 Å². The molecule has 0 radical (unpaired) electrons. The zero-order chi connectivity index (χ0) is 7.68. The zero-order valence-corrected chi connectivity index (χ0v) is 7.29. The lowest BCUT2D eigenvalue weighted by atomic mass is 10.1. The zero-order valence-electron chi connectivity index (χ0n) is 6.47. The molecule has 1 aromatic rings. The maximum atomic E-state index is 3.80. The van der Waals surface area contributed by atoms with Gasteiger partial charge in [-0.2, -0.15) is 0 Å². The Morgan fingerprint density at radius 3 is 2.82 bits per heavy atom. The molecule has 0 saturated heterocycles. The molecule has 56 valence electrons. The first-order chi connectivity index (χ1) is 5.40. The third kappa shape index (κ3) is 1.21. The first kappa shape index (κ1) is 6.99. The molecule has 0 nitrogen and oxygen atoms in total. The van der Waals surface area contributed by atoms with Gasteiger partial charge >= 0.3 is 0 Å². The van der Waals surface area contributed by atoms with Gasteiger partial charge in [-0.1, -0.05) is 6.07 Å². The molecular formula is C10H11S+. The lowest BCUT2D eigenvalue weighted by Gasteiger charge is -1.93. The van der Waals surface area contributed by atoms with Crippen LogP contribution in [-0.2, 0) is 24.2 Å². The molecule has 0 bridgehead atoms. The maximum Gasteiger partial charge on any atom is 0.230 e. The molecule has 1 aliphatic carbocycles. The van der Waals surface area contributed by atoms with Gasteiger partial charge in [0.1, 0.15) is 0 Å². The smallest absolute Gasteiger partial charge is 0.0532 e. The Morgan fingerprint density at radius 2 is 2.00 bits per heavy atom. The Labute approximate surface area is 71.2 Å². The van der Waals surface area contributed by atoms with Gasteiger partial charge in [0, 0.05) is 12.1 Å². The summed E-state index contributed by atoms with van der Waals surface area (Å²) in [6, 6.07) is 6.69. The van der Waals surface area contributed by atoms with Crippen molar-refractivity contribution in [1.29, 1.82) is 0 Å². The summed E-state index contributed by atoms with van der Waals surface area (Å²) in [6.45, 7) is 0. The normalized spacial score (nSPS) is 14.5. The molecule has 0 saturated carbocycles. The Hall–Kier alpha value is -0.690. The van der Waals surface area contributed by atoms with Gasteiger partial charge in [-0.15, -0.1) is 0 Å². The molecule has 0 spiro atoms. The second-order valence-corrected chi connectivity index (χ2v) is 3.69. The van der Waals surface area contributed by atoms with Crippen molar-refractivity contribution in [3.8, 4) is 0 Å². The molecule has 0 amide bonds. The minimum atomic E-state index is 1.27. The van der Waals surface area contributed by atoms with E-state index < -0.39 is 0 Å². The van der Waals surface area contributed by atoms with E-state index in [1.165, 1.54) is 24.2 Å². The highest BCUT2D eigenvalue weighted by molar-refractivity contribution is 7.76. The van der Waals surface area contributed by atoms with Crippen LogP contribution in [0.3, 0.4) is 0 Å². The van der Waals surface area contributed by atoms with Crippen LogP contribution in [0.4, 0.5) is 0 Å². The fourth-order valence-electron chi connectivity index (χ4n) is 1.64. The van der Waals surface area contributed by atoms with Gasteiger partial charge in [0.15, 0.2) is 5.87 Å². The largest absolute Gasteiger partial charge is 0.230 e. The molecule has 0 aliphatic heterocycles. The van der Waals surface area contributed by atoms with E-state index in [0.29, 0.717) is 0 Å². The minimum Gasteiger partial charge on any atom is -0.0532 e. The van der Waals surface area contributed by atoms with Crippen molar-refractivity contribution in [2.75, 3.05) is 0 Å². The van der Waals surface area contributed by atoms with E-state index in [9.17, 15) is 0 Å². The monoisotopic (exact) mass is 163 g/mol. The van der Waals surface area contributed by atoms with E-state index in [4.69, 9.17) is 0 Å². The lowest BCUT2D eigenvalue weighted by molar-refractivity contribution is 0.911. The van der Waals surface area contributed by atoms with Crippen molar-refractivity contribution in [2.24, 2.45) is 0 Å². The highest BCUT2D eigenvalue weighted by Crippen LogP contribution is 2.22. The summed E-state index contributed by atoms with van der Waals surface area (Å²) in [5, 5.41) is 0. The fourth-order valence-corrected chi connectivity index (χ4v) is 2.03. The van der Waals surface area contributed by atoms with Crippen LogP contribution < -0.4 is 0 Å². The van der Waals surface area contributed by atoms with Crippen LogP contribution in [0, 0.1) is 0 Å². The van der Waals surface area contributed by atoms with Crippen LogP contribution in [0.1, 0.15) is 17.5 Å². The standard InChI is InChI=1S/C10H11S/c1-11-10-6-5-8-3-2-4-9(8)7-10/h5-7H,1-4H2/q+1. The predicted molar refractivity (Wildman–Crippen MR) is 51.2 cm³/mol. The van der Waals surface area contributed by atoms with Gasteiger partial charge in [0.05, 0.1) is 0 Å². The van der Waals surface area contributed by atoms with Crippen molar-refractivity contribution in [1.82, 2.24) is 0 Å². The summed E-state index contributed by atoms with van der Waals surface area (Å²) in [6.07, 6.45) is 3.88. The Kier molecular flexibility index (Phi) is 1.74. The van der Waals surface area contributed by atoms with Crippen molar-refractivity contribution in [3.63, 3.8) is 0 Å². The molecule has 1 aliphatic rings. The molecule has 11 heavy (non-hydrogen) atoms. The summed E-state index contributed by atoms with van der Waals surface area (Å²) in [7, 11) is 0. The van der Waals surface area contributed by atoms with Gasteiger partial charge in [-0.3, -0.25) is 0 Å². The van der Waals surface area contributed by atoms with Crippen molar-refractivity contribution >= 4 is 17.2 Å². The lowest BCUT2D eigenvalue weighted by Crippen LogP contribution is -1.82. The van der Waals surface area contributed by atoms with Gasteiger partial charge in [0.25, 0.3) is 0 Å². The van der Waals surface area contributed by atoms with Crippen LogP contribution >= 0.6 is 0 Å². The second kappa shape index (κ2) is 2.74. The summed E-state index contributed by atoms with van der Waals surface area (Å²) in [5.41, 5.74) is 3.08. The SMILES string of the molecule is C=[S+]c1ccc2c(c1)CCC2. The average molecular weight is 163 g/mol. The average Bonchev–Trinajstić information content (AvgIpc) is 2.50. The topological polar surface area (TPSA) is 0 Å². The molecule has 0 N–H and O–H groups in total. The number of benzene rings is 1. The summed E-state index contributed by atoms with van der Waals surface area (Å²) < 4.78 is 0. The molecule has 0 fully saturated rings. The van der Waals surface area contributed by atoms with Crippen LogP contribution in [0.15, 0.2) is 23.1 Å². The fraction of sp³-hybridized carbons (Fsp3) is 0.300. The number of aryl methyl sites for hydroxylation is 2. The van der Waals surface area contributed by atoms with E-state index in [1.807, 2.05) is 0 Å². The number of fused-ring (bicyclic) bond motifs is 1. The summed E-state index contributed by atoms with van der Waals surface area (Å²) in [5.74, 6) is 3.80. The summed E-state index contributed by atoms with van der Waals surface area (Å²) in [4.78, 5) is 1.30. The van der Waals surface area contributed by atoms with Gasteiger partial charge in [0.2, 0.25) is 16.2 Å². The summed E-state index contributed by atoms with van der Waals surface area (Å²) >= 11 is 1.58. The Morgan fingerprint density at radius 1 is 1.18 bits per heavy atom. The van der Waals surface area contributed by atoms with Gasteiger partial charge < -0.3 is 0 Å². The third-order valence-corrected chi connectivity index (χ3v) is 2.82. The first-order valence-corrected chi connectivity index (χ1v) is 4.92. The molecule has 2 rings (SSSR count). The van der Waals surface area contributed by atoms with E-state index in [2.05, 4.69) is 24.1 Å². The highest BCUT2D eigenvalue weighted by atomic mass is 32.1. The number of hydrogen-bond donors (Lipinski definition) is 0. The van der Waals surface area contributed by atoms with Gasteiger partial charge in [-0.05, 0) is 30.4 Å². The third-order valence-electron chi connectivity index (χ3n) is 2.24. The number of rotatable bonds is 1. The molecule has 0 atom stereocenters. The second-order valence-electron chi connectivity index (χ2n) is 2.93. The molecule has 1 aromatic carbocycles. The van der Waals surface area contributed by atoms with Crippen LogP contribution in [-0.4, -0.2) is 5.87 Å². The predicted octanol–water partition coefficient (Wildman–Crippen LogP) is 2.05. The first-order valence-electron chi connectivity index (χ1n) is 3.94.